The van der Waals surface area contributed by atoms with E-state index in [0.29, 0.717) is 0 Å². The predicted octanol–water partition coefficient (Wildman–Crippen LogP) is 0.719. The molecule has 0 aliphatic rings. The standard InChI is InChI=1S/C11H12F3N3O2/c12-11(13,14)7-1-3-8(4-2-7)17-10(19)9(18)16-6-5-15/h1-4H,5-6,15H2,(H,16,18)(H,17,19). The Morgan fingerprint density at radius 3 is 2.16 bits per heavy atom. The van der Waals surface area contributed by atoms with E-state index in [1.807, 2.05) is 0 Å². The van der Waals surface area contributed by atoms with Crippen LogP contribution in [0.4, 0.5) is 18.9 Å². The lowest BCUT2D eigenvalue weighted by Crippen LogP contribution is -2.37. The Balaban J connectivity index is 2.63. The Morgan fingerprint density at radius 2 is 1.68 bits per heavy atom. The van der Waals surface area contributed by atoms with Crippen molar-refractivity contribution in [1.29, 1.82) is 0 Å². The maximum atomic E-state index is 12.3. The minimum absolute atomic E-state index is 0.0981. The SMILES string of the molecule is NCCNC(=O)C(=O)Nc1ccc(C(F)(F)F)cc1. The number of alkyl halides is 3. The van der Waals surface area contributed by atoms with Gasteiger partial charge in [0, 0.05) is 18.8 Å². The highest BCUT2D eigenvalue weighted by Crippen LogP contribution is 2.29. The lowest BCUT2D eigenvalue weighted by Gasteiger charge is -2.08. The molecule has 0 saturated carbocycles. The highest BCUT2D eigenvalue weighted by atomic mass is 19.4. The van der Waals surface area contributed by atoms with E-state index in [-0.39, 0.29) is 18.8 Å². The van der Waals surface area contributed by atoms with Crippen LogP contribution in [0.3, 0.4) is 0 Å². The largest absolute Gasteiger partial charge is 0.416 e. The fraction of sp³-hybridized carbons (Fsp3) is 0.273. The van der Waals surface area contributed by atoms with Crippen LogP contribution in [0.1, 0.15) is 5.56 Å². The lowest BCUT2D eigenvalue weighted by molar-refractivity contribution is -0.137. The van der Waals surface area contributed by atoms with Gasteiger partial charge in [0.25, 0.3) is 0 Å². The molecule has 4 N–H and O–H groups in total. The number of nitrogens with two attached hydrogens (primary N) is 1. The van der Waals surface area contributed by atoms with E-state index >= 15 is 0 Å². The van der Waals surface area contributed by atoms with Gasteiger partial charge in [-0.3, -0.25) is 9.59 Å². The van der Waals surface area contributed by atoms with Crippen LogP contribution < -0.4 is 16.4 Å². The molecule has 0 fully saturated rings. The number of benzene rings is 1. The highest BCUT2D eigenvalue weighted by molar-refractivity contribution is 6.39. The molecule has 0 radical (unpaired) electrons. The Kier molecular flexibility index (Phi) is 4.87. The van der Waals surface area contributed by atoms with Gasteiger partial charge in [0.1, 0.15) is 0 Å². The Hall–Kier alpha value is -2.09. The van der Waals surface area contributed by atoms with E-state index in [9.17, 15) is 22.8 Å². The Labute approximate surface area is 107 Å². The summed E-state index contributed by atoms with van der Waals surface area (Å²) in [5.74, 6) is -1.86. The van der Waals surface area contributed by atoms with E-state index in [0.717, 1.165) is 24.3 Å². The van der Waals surface area contributed by atoms with Gasteiger partial charge in [0.2, 0.25) is 0 Å². The summed E-state index contributed by atoms with van der Waals surface area (Å²) in [7, 11) is 0. The molecule has 1 aromatic carbocycles. The van der Waals surface area contributed by atoms with Crippen molar-refractivity contribution < 1.29 is 22.8 Å². The second-order valence-corrected chi connectivity index (χ2v) is 3.57. The highest BCUT2D eigenvalue weighted by Gasteiger charge is 2.30. The van der Waals surface area contributed by atoms with E-state index in [1.165, 1.54) is 0 Å². The number of amides is 2. The number of anilines is 1. The molecule has 0 heterocycles. The Bertz CT molecular complexity index is 457. The maximum Gasteiger partial charge on any atom is 0.416 e. The number of carbonyl (C=O) groups excluding carboxylic acids is 2. The third-order valence-corrected chi connectivity index (χ3v) is 2.11. The van der Waals surface area contributed by atoms with E-state index in [2.05, 4.69) is 10.6 Å². The van der Waals surface area contributed by atoms with Gasteiger partial charge in [-0.1, -0.05) is 0 Å². The van der Waals surface area contributed by atoms with Crippen LogP contribution in [0, 0.1) is 0 Å². The van der Waals surface area contributed by atoms with Crippen molar-refractivity contribution in [2.45, 2.75) is 6.18 Å². The van der Waals surface area contributed by atoms with Crippen LogP contribution in [0.2, 0.25) is 0 Å². The van der Waals surface area contributed by atoms with Crippen LogP contribution in [-0.4, -0.2) is 24.9 Å². The quantitative estimate of drug-likeness (QED) is 0.711. The van der Waals surface area contributed by atoms with Crippen molar-refractivity contribution in [3.8, 4) is 0 Å². The molecule has 0 bridgehead atoms. The number of hydrogen-bond donors (Lipinski definition) is 3. The lowest BCUT2D eigenvalue weighted by atomic mass is 10.2. The summed E-state index contributed by atoms with van der Waals surface area (Å²) >= 11 is 0. The summed E-state index contributed by atoms with van der Waals surface area (Å²) < 4.78 is 36.9. The number of halogens is 3. The molecule has 0 spiro atoms. The van der Waals surface area contributed by atoms with Gasteiger partial charge in [0.05, 0.1) is 5.56 Å². The van der Waals surface area contributed by atoms with Gasteiger partial charge in [-0.15, -0.1) is 0 Å². The van der Waals surface area contributed by atoms with Gasteiger partial charge < -0.3 is 16.4 Å². The molecule has 0 aromatic heterocycles. The third kappa shape index (κ3) is 4.59. The summed E-state index contributed by atoms with van der Waals surface area (Å²) in [5, 5.41) is 4.40. The fourth-order valence-corrected chi connectivity index (χ4v) is 1.20. The third-order valence-electron chi connectivity index (χ3n) is 2.11. The monoisotopic (exact) mass is 275 g/mol. The second kappa shape index (κ2) is 6.19. The van der Waals surface area contributed by atoms with Crippen LogP contribution in [-0.2, 0) is 15.8 Å². The molecule has 0 unspecified atom stereocenters. The van der Waals surface area contributed by atoms with E-state index in [4.69, 9.17) is 5.73 Å². The van der Waals surface area contributed by atoms with Gasteiger partial charge in [-0.05, 0) is 24.3 Å². The first-order valence-corrected chi connectivity index (χ1v) is 5.31. The summed E-state index contributed by atoms with van der Waals surface area (Å²) in [6, 6.07) is 3.76. The molecule has 19 heavy (non-hydrogen) atoms. The number of hydrogen-bond acceptors (Lipinski definition) is 3. The molecule has 8 heteroatoms. The maximum absolute atomic E-state index is 12.3. The smallest absolute Gasteiger partial charge is 0.347 e. The summed E-state index contributed by atoms with van der Waals surface area (Å²) in [5.41, 5.74) is 4.40. The predicted molar refractivity (Wildman–Crippen MR) is 62.1 cm³/mol. The van der Waals surface area contributed by atoms with Crippen molar-refractivity contribution in [3.05, 3.63) is 29.8 Å². The van der Waals surface area contributed by atoms with Crippen LogP contribution in [0.5, 0.6) is 0 Å². The van der Waals surface area contributed by atoms with Crippen LogP contribution in [0.15, 0.2) is 24.3 Å². The zero-order valence-electron chi connectivity index (χ0n) is 9.75. The molecule has 1 aromatic rings. The fourth-order valence-electron chi connectivity index (χ4n) is 1.20. The van der Waals surface area contributed by atoms with Gasteiger partial charge in [-0.25, -0.2) is 0 Å². The first-order valence-electron chi connectivity index (χ1n) is 5.31. The molecular weight excluding hydrogens is 263 g/mol. The van der Waals surface area contributed by atoms with E-state index in [1.54, 1.807) is 0 Å². The molecule has 0 atom stereocenters. The van der Waals surface area contributed by atoms with Crippen molar-refractivity contribution >= 4 is 17.5 Å². The van der Waals surface area contributed by atoms with Gasteiger partial charge in [0.15, 0.2) is 0 Å². The summed E-state index contributed by atoms with van der Waals surface area (Å²) in [6.07, 6.45) is -4.44. The summed E-state index contributed by atoms with van der Waals surface area (Å²) in [6.45, 7) is 0.318. The molecule has 1 rings (SSSR count). The molecule has 0 saturated heterocycles. The van der Waals surface area contributed by atoms with Crippen LogP contribution in [0.25, 0.3) is 0 Å². The molecular formula is C11H12F3N3O2. The number of nitrogens with one attached hydrogen (secondary N) is 2. The molecule has 5 nitrogen and oxygen atoms in total. The van der Waals surface area contributed by atoms with Crippen molar-refractivity contribution in [2.75, 3.05) is 18.4 Å². The van der Waals surface area contributed by atoms with Crippen LogP contribution >= 0.6 is 0 Å². The second-order valence-electron chi connectivity index (χ2n) is 3.57. The molecule has 2 amide bonds. The van der Waals surface area contributed by atoms with Gasteiger partial charge in [-0.2, -0.15) is 13.2 Å². The average Bonchev–Trinajstić information content (AvgIpc) is 2.35. The Morgan fingerprint density at radius 1 is 1.11 bits per heavy atom. The first-order chi connectivity index (χ1) is 8.84. The normalized spacial score (nSPS) is 10.9. The van der Waals surface area contributed by atoms with Crippen molar-refractivity contribution in [3.63, 3.8) is 0 Å². The minimum atomic E-state index is -4.44. The zero-order valence-corrected chi connectivity index (χ0v) is 9.75. The first kappa shape index (κ1) is 15.0. The number of carbonyl (C=O) groups is 2. The van der Waals surface area contributed by atoms with E-state index < -0.39 is 23.6 Å². The molecule has 0 aliphatic carbocycles. The number of rotatable bonds is 3. The minimum Gasteiger partial charge on any atom is -0.347 e. The topological polar surface area (TPSA) is 84.2 Å². The van der Waals surface area contributed by atoms with Crippen molar-refractivity contribution in [2.24, 2.45) is 5.73 Å². The molecule has 104 valence electrons. The average molecular weight is 275 g/mol. The molecule has 0 aliphatic heterocycles. The zero-order chi connectivity index (χ0) is 14.5. The summed E-state index contributed by atoms with van der Waals surface area (Å²) in [4.78, 5) is 22.5. The van der Waals surface area contributed by atoms with Crippen molar-refractivity contribution in [1.82, 2.24) is 5.32 Å². The van der Waals surface area contributed by atoms with Gasteiger partial charge >= 0.3 is 18.0 Å².